The zero-order valence-corrected chi connectivity index (χ0v) is 17.3. The second-order valence-electron chi connectivity index (χ2n) is 8.17. The van der Waals surface area contributed by atoms with Gasteiger partial charge < -0.3 is 10.6 Å². The van der Waals surface area contributed by atoms with Crippen LogP contribution < -0.4 is 10.6 Å². The first kappa shape index (κ1) is 19.6. The second-order valence-corrected chi connectivity index (χ2v) is 8.17. The summed E-state index contributed by atoms with van der Waals surface area (Å²) in [5, 5.41) is 13.9. The van der Waals surface area contributed by atoms with E-state index in [-0.39, 0.29) is 5.41 Å². The van der Waals surface area contributed by atoms with Crippen molar-refractivity contribution in [3.05, 3.63) is 83.9 Å². The van der Waals surface area contributed by atoms with E-state index in [2.05, 4.69) is 74.8 Å². The van der Waals surface area contributed by atoms with Gasteiger partial charge in [0.2, 0.25) is 5.95 Å². The molecule has 0 amide bonds. The van der Waals surface area contributed by atoms with Crippen molar-refractivity contribution in [2.45, 2.75) is 32.6 Å². The predicted molar refractivity (Wildman–Crippen MR) is 119 cm³/mol. The number of pyridine rings is 1. The molecule has 0 spiro atoms. The van der Waals surface area contributed by atoms with E-state index in [1.54, 1.807) is 12.4 Å². The number of rotatable bonds is 6. The van der Waals surface area contributed by atoms with E-state index in [9.17, 15) is 0 Å². The first-order chi connectivity index (χ1) is 14.5. The molecule has 4 aromatic rings. The third kappa shape index (κ3) is 5.00. The molecule has 152 valence electrons. The van der Waals surface area contributed by atoms with Gasteiger partial charge in [0, 0.05) is 35.8 Å². The van der Waals surface area contributed by atoms with Crippen molar-refractivity contribution < 1.29 is 0 Å². The number of H-pyrrole nitrogens is 1. The van der Waals surface area contributed by atoms with Gasteiger partial charge in [0.15, 0.2) is 0 Å². The Kier molecular flexibility index (Phi) is 5.43. The Labute approximate surface area is 176 Å². The van der Waals surface area contributed by atoms with E-state index in [4.69, 9.17) is 0 Å². The van der Waals surface area contributed by atoms with Crippen LogP contribution in [0, 0.1) is 0 Å². The summed E-state index contributed by atoms with van der Waals surface area (Å²) in [6.07, 6.45) is 6.25. The molecule has 3 N–H and O–H groups in total. The topological polar surface area (TPSA) is 91.4 Å². The second kappa shape index (κ2) is 8.32. The van der Waals surface area contributed by atoms with Crippen LogP contribution >= 0.6 is 0 Å². The molecule has 0 radical (unpaired) electrons. The van der Waals surface area contributed by atoms with Gasteiger partial charge in [-0.25, -0.2) is 4.98 Å². The molecule has 30 heavy (non-hydrogen) atoms. The fourth-order valence-corrected chi connectivity index (χ4v) is 2.97. The minimum absolute atomic E-state index is 0.0159. The predicted octanol–water partition coefficient (Wildman–Crippen LogP) is 4.97. The number of benzene rings is 1. The van der Waals surface area contributed by atoms with Crippen LogP contribution in [0.4, 0.5) is 23.3 Å². The average molecular weight is 400 g/mol. The molecule has 0 aliphatic rings. The zero-order chi connectivity index (χ0) is 21.0. The largest absolute Gasteiger partial charge is 0.325 e. The van der Waals surface area contributed by atoms with Crippen molar-refractivity contribution in [2.75, 3.05) is 10.6 Å². The normalized spacial score (nSPS) is 11.3. The van der Waals surface area contributed by atoms with Crippen LogP contribution in [0.3, 0.4) is 0 Å². The monoisotopic (exact) mass is 399 g/mol. The summed E-state index contributed by atoms with van der Waals surface area (Å²) in [5.74, 6) is 2.00. The summed E-state index contributed by atoms with van der Waals surface area (Å²) in [4.78, 5) is 13.0. The molecule has 0 aliphatic carbocycles. The number of aromatic amines is 1. The van der Waals surface area contributed by atoms with Gasteiger partial charge in [0.1, 0.15) is 11.6 Å². The van der Waals surface area contributed by atoms with E-state index in [0.29, 0.717) is 11.8 Å². The van der Waals surface area contributed by atoms with Crippen LogP contribution in [0.2, 0.25) is 0 Å². The van der Waals surface area contributed by atoms with Gasteiger partial charge in [-0.05, 0) is 41.8 Å². The van der Waals surface area contributed by atoms with Crippen molar-refractivity contribution in [3.8, 4) is 0 Å². The summed E-state index contributed by atoms with van der Waals surface area (Å²) in [6, 6.07) is 16.1. The van der Waals surface area contributed by atoms with Gasteiger partial charge in [-0.1, -0.05) is 39.0 Å². The van der Waals surface area contributed by atoms with Gasteiger partial charge in [-0.15, -0.1) is 0 Å². The molecule has 0 saturated carbocycles. The Balaban J connectivity index is 1.41. The SMILES string of the molecule is CC(C)(C)c1cc(Nc2ccnc(Nc3ccc(Cc4cccnc4)cc3)n2)[nH]n1. The lowest BCUT2D eigenvalue weighted by Crippen LogP contribution is -2.11. The molecule has 4 rings (SSSR count). The maximum atomic E-state index is 4.54. The van der Waals surface area contributed by atoms with Crippen molar-refractivity contribution in [2.24, 2.45) is 0 Å². The number of aromatic nitrogens is 5. The third-order valence-electron chi connectivity index (χ3n) is 4.61. The average Bonchev–Trinajstić information content (AvgIpc) is 3.20. The molecule has 0 unspecified atom stereocenters. The number of nitrogens with zero attached hydrogens (tertiary/aromatic N) is 4. The summed E-state index contributed by atoms with van der Waals surface area (Å²) < 4.78 is 0. The van der Waals surface area contributed by atoms with Crippen LogP contribution in [0.25, 0.3) is 0 Å². The molecule has 7 heteroatoms. The lowest BCUT2D eigenvalue weighted by Gasteiger charge is -2.13. The highest BCUT2D eigenvalue weighted by Crippen LogP contribution is 2.24. The smallest absolute Gasteiger partial charge is 0.229 e. The summed E-state index contributed by atoms with van der Waals surface area (Å²) in [5.41, 5.74) is 4.31. The number of hydrogen-bond donors (Lipinski definition) is 3. The summed E-state index contributed by atoms with van der Waals surface area (Å²) in [6.45, 7) is 6.38. The highest BCUT2D eigenvalue weighted by molar-refractivity contribution is 5.58. The van der Waals surface area contributed by atoms with Crippen LogP contribution in [-0.2, 0) is 11.8 Å². The van der Waals surface area contributed by atoms with E-state index < -0.39 is 0 Å². The Morgan fingerprint density at radius 1 is 0.933 bits per heavy atom. The Morgan fingerprint density at radius 3 is 2.47 bits per heavy atom. The first-order valence-corrected chi connectivity index (χ1v) is 9.86. The maximum absolute atomic E-state index is 4.54. The van der Waals surface area contributed by atoms with Gasteiger partial charge in [0.05, 0.1) is 5.69 Å². The molecule has 7 nitrogen and oxygen atoms in total. The van der Waals surface area contributed by atoms with Gasteiger partial charge in [-0.3, -0.25) is 10.1 Å². The van der Waals surface area contributed by atoms with Crippen molar-refractivity contribution in [1.29, 1.82) is 0 Å². The van der Waals surface area contributed by atoms with Gasteiger partial charge >= 0.3 is 0 Å². The molecule has 0 fully saturated rings. The van der Waals surface area contributed by atoms with Crippen LogP contribution in [-0.4, -0.2) is 25.1 Å². The van der Waals surface area contributed by atoms with E-state index in [0.717, 1.165) is 23.6 Å². The number of hydrogen-bond acceptors (Lipinski definition) is 6. The fraction of sp³-hybridized carbons (Fsp3) is 0.217. The molecule has 0 aliphatic heterocycles. The summed E-state index contributed by atoms with van der Waals surface area (Å²) in [7, 11) is 0. The minimum atomic E-state index is -0.0159. The van der Waals surface area contributed by atoms with Crippen LogP contribution in [0.1, 0.15) is 37.6 Å². The molecule has 0 atom stereocenters. The summed E-state index contributed by atoms with van der Waals surface area (Å²) >= 11 is 0. The van der Waals surface area contributed by atoms with Crippen molar-refractivity contribution in [1.82, 2.24) is 25.1 Å². The lowest BCUT2D eigenvalue weighted by molar-refractivity contribution is 0.567. The van der Waals surface area contributed by atoms with Crippen molar-refractivity contribution in [3.63, 3.8) is 0 Å². The molecule has 0 bridgehead atoms. The number of anilines is 4. The van der Waals surface area contributed by atoms with Crippen molar-refractivity contribution >= 4 is 23.3 Å². The first-order valence-electron chi connectivity index (χ1n) is 9.86. The molecular formula is C23H25N7. The molecular weight excluding hydrogens is 374 g/mol. The molecule has 0 saturated heterocycles. The van der Waals surface area contributed by atoms with E-state index in [1.165, 1.54) is 11.1 Å². The lowest BCUT2D eigenvalue weighted by atomic mass is 9.92. The molecule has 1 aromatic carbocycles. The standard InChI is InChI=1S/C23H25N7/c1-23(2,3)19-14-21(30-29-19)27-20-10-12-25-22(28-20)26-18-8-6-16(7-9-18)13-17-5-4-11-24-15-17/h4-12,14-15H,13H2,1-3H3,(H3,25,26,27,28,29,30). The van der Waals surface area contributed by atoms with Crippen LogP contribution in [0.15, 0.2) is 67.1 Å². The quantitative estimate of drug-likeness (QED) is 0.424. The Hall–Kier alpha value is -3.74. The van der Waals surface area contributed by atoms with E-state index >= 15 is 0 Å². The van der Waals surface area contributed by atoms with Gasteiger partial charge in [0.25, 0.3) is 0 Å². The number of nitrogens with one attached hydrogen (secondary N) is 3. The minimum Gasteiger partial charge on any atom is -0.325 e. The fourth-order valence-electron chi connectivity index (χ4n) is 2.97. The van der Waals surface area contributed by atoms with E-state index in [1.807, 2.05) is 36.5 Å². The van der Waals surface area contributed by atoms with Gasteiger partial charge in [-0.2, -0.15) is 10.1 Å². The highest BCUT2D eigenvalue weighted by atomic mass is 15.2. The Morgan fingerprint density at radius 2 is 1.77 bits per heavy atom. The zero-order valence-electron chi connectivity index (χ0n) is 17.3. The van der Waals surface area contributed by atoms with Crippen LogP contribution in [0.5, 0.6) is 0 Å². The molecule has 3 aromatic heterocycles. The molecule has 3 heterocycles. The highest BCUT2D eigenvalue weighted by Gasteiger charge is 2.17. The maximum Gasteiger partial charge on any atom is 0.229 e. The third-order valence-corrected chi connectivity index (χ3v) is 4.61. The Bertz CT molecular complexity index is 1100.